The van der Waals surface area contributed by atoms with Crippen molar-refractivity contribution in [2.24, 2.45) is 0 Å². The van der Waals surface area contributed by atoms with Crippen molar-refractivity contribution in [3.63, 3.8) is 0 Å². The van der Waals surface area contributed by atoms with Gasteiger partial charge in [-0.1, -0.05) is 26.3 Å². The van der Waals surface area contributed by atoms with Gasteiger partial charge >= 0.3 is 39.5 Å². The smallest absolute Gasteiger partial charge is 0.460 e. The van der Waals surface area contributed by atoms with Gasteiger partial charge in [0.25, 0.3) is 0 Å². The van der Waals surface area contributed by atoms with E-state index in [1.54, 1.807) is 0 Å². The van der Waals surface area contributed by atoms with E-state index in [-0.39, 0.29) is 78.9 Å². The maximum atomic E-state index is 12.9. The lowest BCUT2D eigenvalue weighted by atomic mass is 10.3. The average Bonchev–Trinajstić information content (AvgIpc) is 2.99. The van der Waals surface area contributed by atoms with E-state index < -0.39 is 39.5 Å². The van der Waals surface area contributed by atoms with Crippen molar-refractivity contribution in [2.75, 3.05) is 66.1 Å². The van der Waals surface area contributed by atoms with E-state index in [9.17, 15) is 28.3 Å². The van der Waals surface area contributed by atoms with Crippen molar-refractivity contribution in [1.82, 2.24) is 0 Å². The molecule has 0 aromatic carbocycles. The summed E-state index contributed by atoms with van der Waals surface area (Å²) in [5.74, 6) is -2.86. The van der Waals surface area contributed by atoms with Crippen molar-refractivity contribution in [3.05, 3.63) is 50.6 Å². The summed E-state index contributed by atoms with van der Waals surface area (Å²) in [4.78, 5) is 44.5. The molecule has 0 aromatic rings. The largest absolute Gasteiger partial charge is 0.475 e. The van der Waals surface area contributed by atoms with Gasteiger partial charge in [0.2, 0.25) is 0 Å². The second-order valence-electron chi connectivity index (χ2n) is 7.09. The third-order valence-electron chi connectivity index (χ3n) is 4.01. The summed E-state index contributed by atoms with van der Waals surface area (Å²) in [6.45, 7) is 10.2. The number of carbonyl (C=O) groups excluding carboxylic acids is 4. The van der Waals surface area contributed by atoms with Crippen LogP contribution in [0.15, 0.2) is 50.6 Å². The number of phosphoric ester groups is 2. The van der Waals surface area contributed by atoms with Crippen molar-refractivity contribution in [3.8, 4) is 0 Å². The van der Waals surface area contributed by atoms with E-state index in [4.69, 9.17) is 46.1 Å². The zero-order valence-electron chi connectivity index (χ0n) is 23.0. The average molecular weight is 642 g/mol. The summed E-state index contributed by atoms with van der Waals surface area (Å²) >= 11 is 0. The molecule has 0 N–H and O–H groups in total. The predicted molar refractivity (Wildman–Crippen MR) is 145 cm³/mol. The fourth-order valence-electron chi connectivity index (χ4n) is 2.18. The molecule has 42 heavy (non-hydrogen) atoms. The second-order valence-corrected chi connectivity index (χ2v) is 10.4. The summed E-state index contributed by atoms with van der Waals surface area (Å²) in [7, 11) is -8.34. The van der Waals surface area contributed by atoms with Crippen LogP contribution in [0.4, 0.5) is 0 Å². The summed E-state index contributed by atoms with van der Waals surface area (Å²) in [5.41, 5.74) is 0. The van der Waals surface area contributed by atoms with Crippen LogP contribution in [0.3, 0.4) is 0 Å². The Morgan fingerprint density at radius 3 is 0.833 bits per heavy atom. The van der Waals surface area contributed by atoms with Crippen molar-refractivity contribution >= 4 is 39.5 Å². The molecule has 0 radical (unpaired) electrons. The van der Waals surface area contributed by atoms with E-state index in [1.807, 2.05) is 0 Å². The zero-order chi connectivity index (χ0) is 31.7. The van der Waals surface area contributed by atoms with E-state index in [0.29, 0.717) is 0 Å². The molecule has 0 amide bonds. The normalized spacial score (nSPS) is 11.1. The van der Waals surface area contributed by atoms with Gasteiger partial charge in [-0.3, -0.25) is 27.1 Å². The number of carbonyl (C=O) groups is 4. The first kappa shape index (κ1) is 39.1. The van der Waals surface area contributed by atoms with Gasteiger partial charge in [-0.25, -0.2) is 28.3 Å². The molecule has 16 nitrogen and oxygen atoms in total. The molecule has 0 fully saturated rings. The van der Waals surface area contributed by atoms with Crippen LogP contribution in [0, 0.1) is 0 Å². The van der Waals surface area contributed by atoms with E-state index in [1.165, 1.54) is 0 Å². The Labute approximate surface area is 243 Å². The lowest BCUT2D eigenvalue weighted by molar-refractivity contribution is -0.140. The van der Waals surface area contributed by atoms with Gasteiger partial charge in [0.1, 0.15) is 26.4 Å². The van der Waals surface area contributed by atoms with Gasteiger partial charge in [0, 0.05) is 24.3 Å². The van der Waals surface area contributed by atoms with Crippen LogP contribution in [0.5, 0.6) is 0 Å². The van der Waals surface area contributed by atoms with E-state index >= 15 is 0 Å². The van der Waals surface area contributed by atoms with Crippen LogP contribution in [0.25, 0.3) is 0 Å². The van der Waals surface area contributed by atoms with Crippen LogP contribution >= 0.6 is 15.6 Å². The highest BCUT2D eigenvalue weighted by atomic mass is 31.2. The maximum Gasteiger partial charge on any atom is 0.475 e. The molecule has 0 bridgehead atoms. The number of hydrogen-bond donors (Lipinski definition) is 0. The number of unbranched alkanes of at least 4 members (excludes halogenated alkanes) is 1. The first-order chi connectivity index (χ1) is 20.0. The summed E-state index contributed by atoms with van der Waals surface area (Å²) < 4.78 is 75.6. The number of phosphoric acid groups is 2. The molecule has 0 spiro atoms. The Morgan fingerprint density at radius 1 is 0.405 bits per heavy atom. The lowest BCUT2D eigenvalue weighted by Crippen LogP contribution is -2.13. The molecular weight excluding hydrogens is 606 g/mol. The standard InChI is InChI=1S/C24H36O16P2/c1-5-21(25)31-13-17-37-41(29,38-18-14-32-22(26)6-2)35-11-9-10-12-36-42(30,39-19-15-33-23(27)7-3)40-20-16-34-24(28)8-4/h5-8H,1-4,9-20H2. The fourth-order valence-corrected chi connectivity index (χ4v) is 4.53. The molecule has 0 aromatic heterocycles. The van der Waals surface area contributed by atoms with Crippen LogP contribution in [0.1, 0.15) is 12.8 Å². The third kappa shape index (κ3) is 20.9. The fraction of sp³-hybridized carbons (Fsp3) is 0.500. The molecule has 0 saturated heterocycles. The van der Waals surface area contributed by atoms with Gasteiger partial charge < -0.3 is 18.9 Å². The van der Waals surface area contributed by atoms with Crippen LogP contribution in [-0.2, 0) is 74.4 Å². The molecule has 18 heteroatoms. The molecule has 238 valence electrons. The summed E-state index contributed by atoms with van der Waals surface area (Å²) in [6, 6.07) is 0. The van der Waals surface area contributed by atoms with Gasteiger partial charge in [-0.05, 0) is 12.8 Å². The number of ether oxygens (including phenoxy) is 4. The first-order valence-electron chi connectivity index (χ1n) is 12.3. The third-order valence-corrected chi connectivity index (χ3v) is 7.01. The second kappa shape index (κ2) is 23.6. The van der Waals surface area contributed by atoms with Crippen LogP contribution in [0.2, 0.25) is 0 Å². The Hall–Kier alpha value is -2.94. The minimum atomic E-state index is -4.17. The summed E-state index contributed by atoms with van der Waals surface area (Å²) in [5, 5.41) is 0. The number of hydrogen-bond acceptors (Lipinski definition) is 16. The molecular formula is C24H36O16P2. The minimum Gasteiger partial charge on any atom is -0.460 e. The van der Waals surface area contributed by atoms with Crippen LogP contribution in [-0.4, -0.2) is 89.9 Å². The first-order valence-corrected chi connectivity index (χ1v) is 15.2. The number of rotatable bonds is 27. The highest BCUT2D eigenvalue weighted by molar-refractivity contribution is 7.48. The monoisotopic (exact) mass is 642 g/mol. The molecule has 0 aliphatic carbocycles. The highest BCUT2D eigenvalue weighted by Crippen LogP contribution is 2.50. The lowest BCUT2D eigenvalue weighted by Gasteiger charge is -2.19. The minimum absolute atomic E-state index is 0.180. The molecule has 0 aliphatic rings. The quantitative estimate of drug-likeness (QED) is 0.0417. The Balaban J connectivity index is 4.79. The molecule has 0 rings (SSSR count). The maximum absolute atomic E-state index is 12.9. The van der Waals surface area contributed by atoms with E-state index in [2.05, 4.69) is 26.3 Å². The van der Waals surface area contributed by atoms with Crippen LogP contribution < -0.4 is 0 Å². The Bertz CT molecular complexity index is 853. The predicted octanol–water partition coefficient (Wildman–Crippen LogP) is 3.00. The topological polar surface area (TPSA) is 195 Å². The molecule has 0 atom stereocenters. The van der Waals surface area contributed by atoms with Gasteiger partial charge in [-0.2, -0.15) is 0 Å². The Kier molecular flexibility index (Phi) is 22.0. The van der Waals surface area contributed by atoms with Crippen molar-refractivity contribution in [2.45, 2.75) is 12.8 Å². The summed E-state index contributed by atoms with van der Waals surface area (Å²) in [6.07, 6.45) is 4.14. The van der Waals surface area contributed by atoms with Gasteiger partial charge in [0.15, 0.2) is 0 Å². The van der Waals surface area contributed by atoms with Gasteiger partial charge in [-0.15, -0.1) is 0 Å². The van der Waals surface area contributed by atoms with Crippen molar-refractivity contribution in [1.29, 1.82) is 0 Å². The van der Waals surface area contributed by atoms with Crippen molar-refractivity contribution < 1.29 is 74.4 Å². The van der Waals surface area contributed by atoms with E-state index in [0.717, 1.165) is 24.3 Å². The zero-order valence-corrected chi connectivity index (χ0v) is 24.8. The number of esters is 4. The molecule has 0 aliphatic heterocycles. The SMILES string of the molecule is C=CC(=O)OCCOP(=O)(OCCCCOP(=O)(OCCOC(=O)C=C)OCCOC(=O)C=C)OCCOC(=O)C=C. The molecule has 0 unspecified atom stereocenters. The Morgan fingerprint density at radius 2 is 0.619 bits per heavy atom. The molecule has 0 heterocycles. The highest BCUT2D eigenvalue weighted by Gasteiger charge is 2.28. The van der Waals surface area contributed by atoms with Gasteiger partial charge in [0.05, 0.1) is 39.6 Å². The molecule has 0 saturated carbocycles.